The largest absolute Gasteiger partial charge is 0.439 e. The van der Waals surface area contributed by atoms with Gasteiger partial charge < -0.3 is 16.2 Å². The van der Waals surface area contributed by atoms with Crippen LogP contribution >= 0.6 is 0 Å². The Hall–Kier alpha value is -2.23. The SMILES string of the molecule is CCC(C)(C)c1ccc(Oc2ccc(N)c(N)n2)cc1. The lowest BCUT2D eigenvalue weighted by Crippen LogP contribution is -2.14. The Bertz CT molecular complexity index is 591. The van der Waals surface area contributed by atoms with E-state index in [2.05, 4.69) is 37.9 Å². The lowest BCUT2D eigenvalue weighted by Gasteiger charge is -2.23. The van der Waals surface area contributed by atoms with Gasteiger partial charge in [0.2, 0.25) is 5.88 Å². The number of nitrogens with two attached hydrogens (primary N) is 2. The van der Waals surface area contributed by atoms with Crippen molar-refractivity contribution >= 4 is 11.5 Å². The van der Waals surface area contributed by atoms with E-state index < -0.39 is 0 Å². The number of pyridine rings is 1. The number of rotatable bonds is 4. The molecule has 0 atom stereocenters. The van der Waals surface area contributed by atoms with Crippen molar-refractivity contribution in [1.82, 2.24) is 4.98 Å². The van der Waals surface area contributed by atoms with Crippen LogP contribution in [0, 0.1) is 0 Å². The number of aromatic nitrogens is 1. The first-order chi connectivity index (χ1) is 9.42. The van der Waals surface area contributed by atoms with Crippen LogP contribution in [-0.4, -0.2) is 4.98 Å². The molecule has 2 aromatic rings. The third-order valence-corrected chi connectivity index (χ3v) is 3.67. The summed E-state index contributed by atoms with van der Waals surface area (Å²) in [7, 11) is 0. The van der Waals surface area contributed by atoms with Gasteiger partial charge >= 0.3 is 0 Å². The number of anilines is 2. The molecule has 0 amide bonds. The summed E-state index contributed by atoms with van der Waals surface area (Å²) in [5, 5.41) is 0. The molecule has 20 heavy (non-hydrogen) atoms. The fourth-order valence-corrected chi connectivity index (χ4v) is 1.82. The van der Waals surface area contributed by atoms with Gasteiger partial charge in [-0.3, -0.25) is 0 Å². The maximum Gasteiger partial charge on any atom is 0.221 e. The predicted octanol–water partition coefficient (Wildman–Crippen LogP) is 3.73. The second-order valence-electron chi connectivity index (χ2n) is 5.49. The van der Waals surface area contributed by atoms with Crippen LogP contribution in [0.4, 0.5) is 11.5 Å². The molecule has 4 heteroatoms. The summed E-state index contributed by atoms with van der Waals surface area (Å²) in [5.41, 5.74) is 13.2. The fourth-order valence-electron chi connectivity index (χ4n) is 1.82. The van der Waals surface area contributed by atoms with E-state index in [-0.39, 0.29) is 11.2 Å². The van der Waals surface area contributed by atoms with Crippen molar-refractivity contribution in [3.8, 4) is 11.6 Å². The lowest BCUT2D eigenvalue weighted by molar-refractivity contribution is 0.461. The summed E-state index contributed by atoms with van der Waals surface area (Å²) in [6, 6.07) is 11.4. The van der Waals surface area contributed by atoms with E-state index in [1.54, 1.807) is 12.1 Å². The highest BCUT2D eigenvalue weighted by molar-refractivity contribution is 5.58. The number of ether oxygens (including phenoxy) is 1. The molecule has 0 aliphatic heterocycles. The molecule has 0 saturated heterocycles. The monoisotopic (exact) mass is 271 g/mol. The van der Waals surface area contributed by atoms with Crippen molar-refractivity contribution < 1.29 is 4.74 Å². The van der Waals surface area contributed by atoms with Crippen LogP contribution in [0.5, 0.6) is 11.6 Å². The molecule has 0 saturated carbocycles. The Kier molecular flexibility index (Phi) is 3.84. The molecule has 106 valence electrons. The van der Waals surface area contributed by atoms with Gasteiger partial charge in [0.05, 0.1) is 5.69 Å². The second kappa shape index (κ2) is 5.41. The molecule has 1 aromatic carbocycles. The molecule has 0 fully saturated rings. The van der Waals surface area contributed by atoms with Crippen LogP contribution in [0.1, 0.15) is 32.8 Å². The van der Waals surface area contributed by atoms with Gasteiger partial charge in [-0.2, -0.15) is 4.98 Å². The minimum absolute atomic E-state index is 0.169. The second-order valence-corrected chi connectivity index (χ2v) is 5.49. The van der Waals surface area contributed by atoms with Gasteiger partial charge in [-0.05, 0) is 35.6 Å². The van der Waals surface area contributed by atoms with Crippen molar-refractivity contribution in [1.29, 1.82) is 0 Å². The Morgan fingerprint density at radius 2 is 1.70 bits per heavy atom. The molecule has 0 aliphatic rings. The Morgan fingerprint density at radius 3 is 2.25 bits per heavy atom. The van der Waals surface area contributed by atoms with E-state index in [0.717, 1.165) is 12.2 Å². The summed E-state index contributed by atoms with van der Waals surface area (Å²) < 4.78 is 5.67. The van der Waals surface area contributed by atoms with Crippen LogP contribution in [0.25, 0.3) is 0 Å². The molecule has 0 unspecified atom stereocenters. The van der Waals surface area contributed by atoms with Crippen LogP contribution in [0.2, 0.25) is 0 Å². The van der Waals surface area contributed by atoms with Gasteiger partial charge in [0.25, 0.3) is 0 Å². The third-order valence-electron chi connectivity index (χ3n) is 3.67. The maximum atomic E-state index is 5.67. The summed E-state index contributed by atoms with van der Waals surface area (Å²) >= 11 is 0. The minimum atomic E-state index is 0.169. The van der Waals surface area contributed by atoms with E-state index in [9.17, 15) is 0 Å². The molecular formula is C16H21N3O. The Balaban J connectivity index is 2.16. The molecule has 0 aliphatic carbocycles. The highest BCUT2D eigenvalue weighted by Gasteiger charge is 2.17. The topological polar surface area (TPSA) is 74.2 Å². The molecule has 2 rings (SSSR count). The molecule has 1 aromatic heterocycles. The average molecular weight is 271 g/mol. The fraction of sp³-hybridized carbons (Fsp3) is 0.312. The van der Waals surface area contributed by atoms with Gasteiger partial charge in [-0.1, -0.05) is 32.9 Å². The van der Waals surface area contributed by atoms with Gasteiger partial charge in [0, 0.05) is 6.07 Å². The predicted molar refractivity (Wildman–Crippen MR) is 82.9 cm³/mol. The summed E-state index contributed by atoms with van der Waals surface area (Å²) in [6.45, 7) is 6.64. The summed E-state index contributed by atoms with van der Waals surface area (Å²) in [4.78, 5) is 4.09. The van der Waals surface area contributed by atoms with E-state index in [4.69, 9.17) is 16.2 Å². The number of hydrogen-bond acceptors (Lipinski definition) is 4. The molecule has 0 spiro atoms. The normalized spacial score (nSPS) is 11.3. The zero-order valence-corrected chi connectivity index (χ0v) is 12.2. The van der Waals surface area contributed by atoms with E-state index in [0.29, 0.717) is 11.6 Å². The molecule has 4 nitrogen and oxygen atoms in total. The number of hydrogen-bond donors (Lipinski definition) is 2. The van der Waals surface area contributed by atoms with Gasteiger partial charge in [-0.15, -0.1) is 0 Å². The van der Waals surface area contributed by atoms with E-state index >= 15 is 0 Å². The van der Waals surface area contributed by atoms with Crippen molar-refractivity contribution in [3.05, 3.63) is 42.0 Å². The standard InChI is InChI=1S/C16H21N3O/c1-4-16(2,3)11-5-7-12(8-6-11)20-14-10-9-13(17)15(18)19-14/h5-10H,4,17H2,1-3H3,(H2,18,19). The number of nitrogen functional groups attached to an aromatic ring is 2. The third kappa shape index (κ3) is 3.02. The molecule has 0 bridgehead atoms. The van der Waals surface area contributed by atoms with E-state index in [1.165, 1.54) is 5.56 Å². The van der Waals surface area contributed by atoms with E-state index in [1.807, 2.05) is 12.1 Å². The van der Waals surface area contributed by atoms with Gasteiger partial charge in [0.1, 0.15) is 5.75 Å². The Morgan fingerprint density at radius 1 is 1.05 bits per heavy atom. The first kappa shape index (κ1) is 14.2. The lowest BCUT2D eigenvalue weighted by atomic mass is 9.82. The molecule has 0 radical (unpaired) electrons. The van der Waals surface area contributed by atoms with Crippen molar-refractivity contribution in [2.24, 2.45) is 0 Å². The van der Waals surface area contributed by atoms with Crippen LogP contribution < -0.4 is 16.2 Å². The zero-order valence-electron chi connectivity index (χ0n) is 12.2. The first-order valence-electron chi connectivity index (χ1n) is 6.73. The minimum Gasteiger partial charge on any atom is -0.439 e. The number of nitrogens with zero attached hydrogens (tertiary/aromatic N) is 1. The summed E-state index contributed by atoms with van der Waals surface area (Å²) in [6.07, 6.45) is 1.09. The van der Waals surface area contributed by atoms with Crippen molar-refractivity contribution in [3.63, 3.8) is 0 Å². The average Bonchev–Trinajstić information content (AvgIpc) is 2.43. The van der Waals surface area contributed by atoms with Crippen LogP contribution in [-0.2, 0) is 5.41 Å². The van der Waals surface area contributed by atoms with Gasteiger partial charge in [0.15, 0.2) is 5.82 Å². The van der Waals surface area contributed by atoms with Crippen LogP contribution in [0.15, 0.2) is 36.4 Å². The Labute approximate surface area is 119 Å². The zero-order chi connectivity index (χ0) is 14.8. The smallest absolute Gasteiger partial charge is 0.221 e. The number of benzene rings is 1. The molecule has 4 N–H and O–H groups in total. The molecular weight excluding hydrogens is 250 g/mol. The van der Waals surface area contributed by atoms with Gasteiger partial charge in [-0.25, -0.2) is 0 Å². The summed E-state index contributed by atoms with van der Waals surface area (Å²) in [5.74, 6) is 1.46. The highest BCUT2D eigenvalue weighted by Crippen LogP contribution is 2.29. The first-order valence-corrected chi connectivity index (χ1v) is 6.73. The molecule has 1 heterocycles. The maximum absolute atomic E-state index is 5.67. The highest BCUT2D eigenvalue weighted by atomic mass is 16.5. The quantitative estimate of drug-likeness (QED) is 0.888. The van der Waals surface area contributed by atoms with Crippen LogP contribution in [0.3, 0.4) is 0 Å². The van der Waals surface area contributed by atoms with Crippen molar-refractivity contribution in [2.45, 2.75) is 32.6 Å². The van der Waals surface area contributed by atoms with Crippen molar-refractivity contribution in [2.75, 3.05) is 11.5 Å².